The fourth-order valence-electron chi connectivity index (χ4n) is 3.37. The van der Waals surface area contributed by atoms with E-state index in [2.05, 4.69) is 17.2 Å². The van der Waals surface area contributed by atoms with Gasteiger partial charge in [0.2, 0.25) is 0 Å². The molecule has 0 fully saturated rings. The minimum Gasteiger partial charge on any atom is -0.507 e. The number of pyridine rings is 1. The number of hydrogen-bond acceptors (Lipinski definition) is 6. The third-order valence-corrected chi connectivity index (χ3v) is 5.14. The lowest BCUT2D eigenvalue weighted by molar-refractivity contribution is 0.0693. The van der Waals surface area contributed by atoms with E-state index in [4.69, 9.17) is 14.6 Å². The highest BCUT2D eigenvalue weighted by molar-refractivity contribution is 5.98. The number of amides is 1. The average Bonchev–Trinajstić information content (AvgIpc) is 2.80. The van der Waals surface area contributed by atoms with E-state index in [1.165, 1.54) is 31.4 Å². The molecular weight excluding hydrogens is 428 g/mol. The number of aromatic hydroxyl groups is 1. The second-order valence-corrected chi connectivity index (χ2v) is 7.47. The number of unbranched alkanes of at least 4 members (excludes halogenated alkanes) is 2. The first-order valence-corrected chi connectivity index (χ1v) is 10.6. The highest BCUT2D eigenvalue weighted by Crippen LogP contribution is 2.34. The topological polar surface area (TPSA) is 138 Å². The lowest BCUT2D eigenvalue weighted by Crippen LogP contribution is -2.29. The average molecular weight is 454 g/mol. The van der Waals surface area contributed by atoms with E-state index >= 15 is 0 Å². The van der Waals surface area contributed by atoms with Gasteiger partial charge in [-0.2, -0.15) is 0 Å². The Hall–Kier alpha value is -4.01. The normalized spacial score (nSPS) is 10.7. The van der Waals surface area contributed by atoms with Gasteiger partial charge in [0.05, 0.1) is 19.2 Å². The molecule has 9 heteroatoms. The third kappa shape index (κ3) is 5.43. The summed E-state index contributed by atoms with van der Waals surface area (Å²) < 4.78 is 11.2. The molecule has 1 amide bonds. The van der Waals surface area contributed by atoms with Crippen LogP contribution in [0.5, 0.6) is 17.2 Å². The van der Waals surface area contributed by atoms with Crippen molar-refractivity contribution in [1.82, 2.24) is 10.3 Å². The molecule has 1 aromatic heterocycles. The van der Waals surface area contributed by atoms with Crippen LogP contribution in [-0.4, -0.2) is 40.8 Å². The van der Waals surface area contributed by atoms with Crippen LogP contribution < -0.4 is 20.3 Å². The first kappa shape index (κ1) is 23.6. The Balaban J connectivity index is 1.84. The van der Waals surface area contributed by atoms with Crippen molar-refractivity contribution in [3.05, 3.63) is 63.4 Å². The number of H-pyrrole nitrogens is 1. The number of phenols is 1. The van der Waals surface area contributed by atoms with E-state index in [1.807, 2.05) is 0 Å². The summed E-state index contributed by atoms with van der Waals surface area (Å²) in [5, 5.41) is 21.9. The number of carboxylic acid groups (broad SMARTS) is 1. The number of fused-ring (bicyclic) bond motifs is 1. The largest absolute Gasteiger partial charge is 0.507 e. The maximum absolute atomic E-state index is 12.7. The molecule has 0 saturated carbocycles. The molecule has 0 radical (unpaired) electrons. The van der Waals surface area contributed by atoms with Crippen LogP contribution in [0.1, 0.15) is 52.5 Å². The van der Waals surface area contributed by atoms with Crippen LogP contribution in [0.25, 0.3) is 10.9 Å². The van der Waals surface area contributed by atoms with Gasteiger partial charge in [-0.1, -0.05) is 25.8 Å². The molecule has 33 heavy (non-hydrogen) atoms. The Morgan fingerprint density at radius 3 is 2.58 bits per heavy atom. The van der Waals surface area contributed by atoms with Crippen molar-refractivity contribution in [2.24, 2.45) is 0 Å². The van der Waals surface area contributed by atoms with Gasteiger partial charge >= 0.3 is 5.97 Å². The van der Waals surface area contributed by atoms with Gasteiger partial charge in [0, 0.05) is 11.9 Å². The summed E-state index contributed by atoms with van der Waals surface area (Å²) in [5.74, 6) is -1.38. The summed E-state index contributed by atoms with van der Waals surface area (Å²) in [5.41, 5.74) is -0.0588. The smallest absolute Gasteiger partial charge is 0.339 e. The number of ether oxygens (including phenoxy) is 2. The van der Waals surface area contributed by atoms with Gasteiger partial charge in [-0.25, -0.2) is 4.79 Å². The molecule has 4 N–H and O–H groups in total. The van der Waals surface area contributed by atoms with E-state index in [0.717, 1.165) is 19.3 Å². The molecule has 0 atom stereocenters. The second-order valence-electron chi connectivity index (χ2n) is 7.47. The Kier molecular flexibility index (Phi) is 7.55. The fourth-order valence-corrected chi connectivity index (χ4v) is 3.37. The number of rotatable bonds is 10. The van der Waals surface area contributed by atoms with Gasteiger partial charge in [0.1, 0.15) is 16.9 Å². The molecule has 1 heterocycles. The minimum absolute atomic E-state index is 0.0225. The van der Waals surface area contributed by atoms with Crippen molar-refractivity contribution in [2.45, 2.75) is 32.7 Å². The molecule has 0 aliphatic heterocycles. The molecule has 0 aliphatic rings. The van der Waals surface area contributed by atoms with Crippen LogP contribution in [0.4, 0.5) is 0 Å². The highest BCUT2D eigenvalue weighted by Gasteiger charge is 2.17. The number of aromatic nitrogens is 1. The van der Waals surface area contributed by atoms with E-state index in [-0.39, 0.29) is 23.4 Å². The van der Waals surface area contributed by atoms with Crippen LogP contribution in [0.2, 0.25) is 0 Å². The Bertz CT molecular complexity index is 1230. The molecule has 0 saturated heterocycles. The van der Waals surface area contributed by atoms with E-state index in [9.17, 15) is 19.5 Å². The van der Waals surface area contributed by atoms with Crippen LogP contribution in [0.3, 0.4) is 0 Å². The van der Waals surface area contributed by atoms with Crippen LogP contribution in [0, 0.1) is 0 Å². The maximum Gasteiger partial charge on any atom is 0.339 e. The number of carbonyl (C=O) groups is 2. The second kappa shape index (κ2) is 10.5. The molecule has 2 aromatic carbocycles. The van der Waals surface area contributed by atoms with Crippen LogP contribution in [-0.2, 0) is 6.54 Å². The van der Waals surface area contributed by atoms with Gasteiger partial charge < -0.3 is 30.0 Å². The zero-order valence-corrected chi connectivity index (χ0v) is 18.4. The lowest BCUT2D eigenvalue weighted by Gasteiger charge is -2.14. The van der Waals surface area contributed by atoms with Crippen molar-refractivity contribution in [1.29, 1.82) is 0 Å². The first-order valence-electron chi connectivity index (χ1n) is 10.6. The Morgan fingerprint density at radius 2 is 1.88 bits per heavy atom. The van der Waals surface area contributed by atoms with Gasteiger partial charge in [-0.15, -0.1) is 0 Å². The highest BCUT2D eigenvalue weighted by atomic mass is 16.5. The SMILES string of the molecule is CCCCCOc1c(OC)ccc2cc(C(=O)NCc3ccc(O)c(C(=O)O)c3)c(=O)[nH]c12. The van der Waals surface area contributed by atoms with Crippen molar-refractivity contribution >= 4 is 22.8 Å². The Labute approximate surface area is 190 Å². The third-order valence-electron chi connectivity index (χ3n) is 5.14. The van der Waals surface area contributed by atoms with Gasteiger partial charge in [-0.05, 0) is 42.3 Å². The zero-order chi connectivity index (χ0) is 24.0. The molecule has 0 spiro atoms. The number of aromatic amines is 1. The summed E-state index contributed by atoms with van der Waals surface area (Å²) in [6.45, 7) is 2.54. The van der Waals surface area contributed by atoms with E-state index < -0.39 is 17.4 Å². The van der Waals surface area contributed by atoms with Crippen molar-refractivity contribution < 1.29 is 29.3 Å². The first-order chi connectivity index (χ1) is 15.8. The molecule has 3 aromatic rings. The number of carbonyl (C=O) groups excluding carboxylic acids is 1. The molecule has 0 unspecified atom stereocenters. The van der Waals surface area contributed by atoms with E-state index in [0.29, 0.717) is 34.6 Å². The van der Waals surface area contributed by atoms with Crippen LogP contribution >= 0.6 is 0 Å². The molecule has 0 aliphatic carbocycles. The molecule has 3 rings (SSSR count). The number of benzene rings is 2. The summed E-state index contributed by atoms with van der Waals surface area (Å²) in [6.07, 6.45) is 2.93. The van der Waals surface area contributed by atoms with Crippen molar-refractivity contribution in [3.8, 4) is 17.2 Å². The lowest BCUT2D eigenvalue weighted by atomic mass is 10.1. The number of nitrogens with one attached hydrogen (secondary N) is 2. The Morgan fingerprint density at radius 1 is 1.09 bits per heavy atom. The van der Waals surface area contributed by atoms with Gasteiger partial charge in [-0.3, -0.25) is 9.59 Å². The quantitative estimate of drug-likeness (QED) is 0.344. The van der Waals surface area contributed by atoms with Crippen molar-refractivity contribution in [2.75, 3.05) is 13.7 Å². The van der Waals surface area contributed by atoms with Gasteiger partial charge in [0.15, 0.2) is 11.5 Å². The fraction of sp³-hybridized carbons (Fsp3) is 0.292. The number of carboxylic acids is 1. The summed E-state index contributed by atoms with van der Waals surface area (Å²) in [4.78, 5) is 39.2. The van der Waals surface area contributed by atoms with Crippen LogP contribution in [0.15, 0.2) is 41.2 Å². The number of hydrogen-bond donors (Lipinski definition) is 4. The summed E-state index contributed by atoms with van der Waals surface area (Å²) >= 11 is 0. The summed E-state index contributed by atoms with van der Waals surface area (Å²) in [7, 11) is 1.51. The summed E-state index contributed by atoms with van der Waals surface area (Å²) in [6, 6.07) is 8.89. The predicted molar refractivity (Wildman–Crippen MR) is 122 cm³/mol. The van der Waals surface area contributed by atoms with E-state index in [1.54, 1.807) is 12.1 Å². The molecule has 0 bridgehead atoms. The van der Waals surface area contributed by atoms with Gasteiger partial charge in [0.25, 0.3) is 11.5 Å². The molecule has 174 valence electrons. The minimum atomic E-state index is -1.28. The number of aromatic carboxylic acids is 1. The predicted octanol–water partition coefficient (Wildman–Crippen LogP) is 3.44. The monoisotopic (exact) mass is 454 g/mol. The molecule has 9 nitrogen and oxygen atoms in total. The number of methoxy groups -OCH3 is 1. The maximum atomic E-state index is 12.7. The molecular formula is C24H26N2O7. The standard InChI is InChI=1S/C24H26N2O7/c1-3-4-5-10-33-21-19(32-2)9-7-15-12-17(23(29)26-20(15)21)22(28)25-13-14-6-8-18(27)16(11-14)24(30)31/h6-9,11-12,27H,3-5,10,13H2,1-2H3,(H,25,28)(H,26,29)(H,30,31). The van der Waals surface area contributed by atoms with Crippen molar-refractivity contribution in [3.63, 3.8) is 0 Å². The zero-order valence-electron chi connectivity index (χ0n) is 18.4.